The van der Waals surface area contributed by atoms with Crippen molar-refractivity contribution in [2.75, 3.05) is 5.32 Å². The van der Waals surface area contributed by atoms with E-state index in [1.165, 1.54) is 5.56 Å². The number of nitriles is 1. The molecule has 1 aliphatic rings. The molecule has 0 saturated heterocycles. The number of nitrogens with zero attached hydrogens (tertiary/aromatic N) is 2. The predicted octanol–water partition coefficient (Wildman–Crippen LogP) is 4.15. The quantitative estimate of drug-likeness (QED) is 0.901. The third-order valence-corrected chi connectivity index (χ3v) is 4.10. The van der Waals surface area contributed by atoms with Crippen LogP contribution in [0.15, 0.2) is 24.3 Å². The van der Waals surface area contributed by atoms with Crippen molar-refractivity contribution in [2.24, 2.45) is 0 Å². The molecule has 0 saturated carbocycles. The maximum atomic E-state index is 9.30. The van der Waals surface area contributed by atoms with E-state index >= 15 is 0 Å². The molecule has 0 fully saturated rings. The topological polar surface area (TPSA) is 48.7 Å². The van der Waals surface area contributed by atoms with Crippen molar-refractivity contribution < 1.29 is 0 Å². The molecule has 1 N–H and O–H groups in total. The third kappa shape index (κ3) is 2.23. The highest BCUT2D eigenvalue weighted by Gasteiger charge is 2.17. The molecule has 0 bridgehead atoms. The van der Waals surface area contributed by atoms with Crippen LogP contribution in [0.25, 0.3) is 0 Å². The van der Waals surface area contributed by atoms with Crippen LogP contribution in [0.3, 0.4) is 0 Å². The molecule has 4 heteroatoms. The number of hydrogen-bond acceptors (Lipinski definition) is 3. The van der Waals surface area contributed by atoms with Crippen LogP contribution in [0.5, 0.6) is 0 Å². The van der Waals surface area contributed by atoms with Gasteiger partial charge in [-0.15, -0.1) is 0 Å². The van der Waals surface area contributed by atoms with Gasteiger partial charge < -0.3 is 5.32 Å². The first-order valence-electron chi connectivity index (χ1n) is 6.64. The molecule has 0 spiro atoms. The molecule has 1 aliphatic carbocycles. The minimum Gasteiger partial charge on any atom is -0.339 e. The summed E-state index contributed by atoms with van der Waals surface area (Å²) in [6.45, 7) is 1.95. The van der Waals surface area contributed by atoms with Gasteiger partial charge in [0.2, 0.25) is 0 Å². The second-order valence-electron chi connectivity index (χ2n) is 4.99. The van der Waals surface area contributed by atoms with E-state index in [0.717, 1.165) is 36.2 Å². The average molecular weight is 284 g/mol. The summed E-state index contributed by atoms with van der Waals surface area (Å²) in [5, 5.41) is 13.2. The Hall–Kier alpha value is -2.05. The van der Waals surface area contributed by atoms with Crippen molar-refractivity contribution in [3.05, 3.63) is 51.7 Å². The summed E-state index contributed by atoms with van der Waals surface area (Å²) < 4.78 is 0. The monoisotopic (exact) mass is 283 g/mol. The van der Waals surface area contributed by atoms with E-state index in [2.05, 4.69) is 16.4 Å². The summed E-state index contributed by atoms with van der Waals surface area (Å²) >= 11 is 6.12. The first kappa shape index (κ1) is 13.0. The summed E-state index contributed by atoms with van der Waals surface area (Å²) in [5.41, 5.74) is 4.74. The second-order valence-corrected chi connectivity index (χ2v) is 5.40. The second kappa shape index (κ2) is 5.15. The Kier molecular flexibility index (Phi) is 3.33. The van der Waals surface area contributed by atoms with Gasteiger partial charge in [-0.3, -0.25) is 0 Å². The van der Waals surface area contributed by atoms with Crippen LogP contribution in [0.4, 0.5) is 11.5 Å². The Morgan fingerprint density at radius 1 is 1.35 bits per heavy atom. The van der Waals surface area contributed by atoms with Crippen LogP contribution >= 0.6 is 11.6 Å². The Balaban J connectivity index is 2.03. The molecule has 0 atom stereocenters. The van der Waals surface area contributed by atoms with Gasteiger partial charge in [0.1, 0.15) is 11.9 Å². The fraction of sp³-hybridized carbons (Fsp3) is 0.250. The highest BCUT2D eigenvalue weighted by molar-refractivity contribution is 6.31. The number of benzene rings is 1. The number of nitrogens with one attached hydrogen (secondary N) is 1. The molecule has 1 aromatic heterocycles. The van der Waals surface area contributed by atoms with Gasteiger partial charge in [0.15, 0.2) is 0 Å². The lowest BCUT2D eigenvalue weighted by molar-refractivity contribution is 0.900. The van der Waals surface area contributed by atoms with Crippen LogP contribution < -0.4 is 5.32 Å². The first-order valence-corrected chi connectivity index (χ1v) is 7.02. The lowest BCUT2D eigenvalue weighted by Crippen LogP contribution is -2.02. The van der Waals surface area contributed by atoms with Gasteiger partial charge in [0.25, 0.3) is 0 Å². The van der Waals surface area contributed by atoms with Crippen LogP contribution in [0.2, 0.25) is 5.02 Å². The molecular weight excluding hydrogens is 270 g/mol. The minimum atomic E-state index is 0.588. The Morgan fingerprint density at radius 2 is 2.20 bits per heavy atom. The predicted molar refractivity (Wildman–Crippen MR) is 80.4 cm³/mol. The molecule has 1 heterocycles. The van der Waals surface area contributed by atoms with Crippen molar-refractivity contribution in [3.63, 3.8) is 0 Å². The fourth-order valence-electron chi connectivity index (χ4n) is 2.52. The van der Waals surface area contributed by atoms with E-state index in [0.29, 0.717) is 16.4 Å². The van der Waals surface area contributed by atoms with Crippen molar-refractivity contribution in [1.29, 1.82) is 5.26 Å². The maximum Gasteiger partial charge on any atom is 0.148 e. The number of fused-ring (bicyclic) bond motifs is 1. The van der Waals surface area contributed by atoms with Gasteiger partial charge >= 0.3 is 0 Å². The molecule has 100 valence electrons. The first-order chi connectivity index (χ1) is 9.69. The zero-order valence-electron chi connectivity index (χ0n) is 11.2. The molecule has 3 rings (SSSR count). The largest absolute Gasteiger partial charge is 0.339 e. The lowest BCUT2D eigenvalue weighted by atomic mass is 10.1. The SMILES string of the molecule is Cc1c(Cl)cccc1Nc1nc2c(cc1C#N)CCC2. The van der Waals surface area contributed by atoms with E-state index < -0.39 is 0 Å². The smallest absolute Gasteiger partial charge is 0.148 e. The highest BCUT2D eigenvalue weighted by atomic mass is 35.5. The Labute approximate surface area is 123 Å². The van der Waals surface area contributed by atoms with Crippen molar-refractivity contribution >= 4 is 23.1 Å². The number of aromatic nitrogens is 1. The zero-order valence-corrected chi connectivity index (χ0v) is 12.0. The standard InChI is InChI=1S/C16H14ClN3/c1-10-13(17)5-3-6-14(10)19-16-12(9-18)8-11-4-2-7-15(11)20-16/h3,5-6,8H,2,4,7H2,1H3,(H,19,20). The van der Waals surface area contributed by atoms with Crippen molar-refractivity contribution in [2.45, 2.75) is 26.2 Å². The third-order valence-electron chi connectivity index (χ3n) is 3.69. The van der Waals surface area contributed by atoms with Crippen molar-refractivity contribution in [3.8, 4) is 6.07 Å². The van der Waals surface area contributed by atoms with E-state index in [9.17, 15) is 5.26 Å². The van der Waals surface area contributed by atoms with Crippen LogP contribution in [-0.2, 0) is 12.8 Å². The molecule has 1 aromatic carbocycles. The van der Waals surface area contributed by atoms with E-state index in [1.807, 2.05) is 31.2 Å². The number of hydrogen-bond donors (Lipinski definition) is 1. The molecular formula is C16H14ClN3. The van der Waals surface area contributed by atoms with E-state index in [1.54, 1.807) is 0 Å². The van der Waals surface area contributed by atoms with Crippen LogP contribution in [0.1, 0.15) is 28.8 Å². The number of anilines is 2. The van der Waals surface area contributed by atoms with E-state index in [4.69, 9.17) is 11.6 Å². The van der Waals surface area contributed by atoms with E-state index in [-0.39, 0.29) is 0 Å². The normalized spacial score (nSPS) is 12.8. The van der Waals surface area contributed by atoms with Crippen LogP contribution in [0, 0.1) is 18.3 Å². The zero-order chi connectivity index (χ0) is 14.1. The van der Waals surface area contributed by atoms with Crippen molar-refractivity contribution in [1.82, 2.24) is 4.98 Å². The van der Waals surface area contributed by atoms with Crippen LogP contribution in [-0.4, -0.2) is 4.98 Å². The van der Waals surface area contributed by atoms with Gasteiger partial charge in [-0.2, -0.15) is 5.26 Å². The molecule has 3 nitrogen and oxygen atoms in total. The highest BCUT2D eigenvalue weighted by Crippen LogP contribution is 2.29. The molecule has 0 radical (unpaired) electrons. The van der Waals surface area contributed by atoms with Gasteiger partial charge in [-0.25, -0.2) is 4.98 Å². The maximum absolute atomic E-state index is 9.30. The lowest BCUT2D eigenvalue weighted by Gasteiger charge is -2.12. The van der Waals surface area contributed by atoms with Gasteiger partial charge in [0, 0.05) is 16.4 Å². The van der Waals surface area contributed by atoms with Gasteiger partial charge in [0.05, 0.1) is 5.56 Å². The molecule has 0 aliphatic heterocycles. The minimum absolute atomic E-state index is 0.588. The molecule has 2 aromatic rings. The number of pyridine rings is 1. The van der Waals surface area contributed by atoms with Gasteiger partial charge in [-0.05, 0) is 55.5 Å². The van der Waals surface area contributed by atoms with Gasteiger partial charge in [-0.1, -0.05) is 17.7 Å². The number of rotatable bonds is 2. The fourth-order valence-corrected chi connectivity index (χ4v) is 2.70. The molecule has 0 amide bonds. The number of halogens is 1. The summed E-state index contributed by atoms with van der Waals surface area (Å²) in [4.78, 5) is 4.61. The summed E-state index contributed by atoms with van der Waals surface area (Å²) in [5.74, 6) is 0.624. The summed E-state index contributed by atoms with van der Waals surface area (Å²) in [6, 6.07) is 9.86. The summed E-state index contributed by atoms with van der Waals surface area (Å²) in [7, 11) is 0. The molecule has 0 unspecified atom stereocenters. The average Bonchev–Trinajstić information content (AvgIpc) is 2.90. The molecule has 20 heavy (non-hydrogen) atoms. The number of aryl methyl sites for hydroxylation is 2. The Bertz CT molecular complexity index is 716. The Morgan fingerprint density at radius 3 is 3.00 bits per heavy atom. The summed E-state index contributed by atoms with van der Waals surface area (Å²) in [6.07, 6.45) is 3.13.